The quantitative estimate of drug-likeness (QED) is 0.591. The lowest BCUT2D eigenvalue weighted by Crippen LogP contribution is -1.99. The van der Waals surface area contributed by atoms with E-state index < -0.39 is 0 Å². The number of hydrogen-bond donors (Lipinski definition) is 0. The number of carbonyl (C=O) groups is 1. The SMILES string of the molecule is C=C(C)CCC(=O)c1cnc2ccsc2c1. The molecule has 3 heteroatoms. The summed E-state index contributed by atoms with van der Waals surface area (Å²) in [4.78, 5) is 16.1. The second kappa shape index (κ2) is 4.58. The first-order chi connectivity index (χ1) is 7.66. The van der Waals surface area contributed by atoms with E-state index >= 15 is 0 Å². The van der Waals surface area contributed by atoms with E-state index in [1.54, 1.807) is 17.5 Å². The van der Waals surface area contributed by atoms with Gasteiger partial charge in [0.25, 0.3) is 0 Å². The van der Waals surface area contributed by atoms with Crippen molar-refractivity contribution in [3.05, 3.63) is 41.4 Å². The van der Waals surface area contributed by atoms with E-state index in [1.165, 1.54) is 0 Å². The number of rotatable bonds is 4. The van der Waals surface area contributed by atoms with Crippen molar-refractivity contribution in [1.29, 1.82) is 0 Å². The molecule has 0 N–H and O–H groups in total. The summed E-state index contributed by atoms with van der Waals surface area (Å²) in [5, 5.41) is 1.99. The molecule has 0 aliphatic rings. The van der Waals surface area contributed by atoms with E-state index in [0.717, 1.165) is 22.2 Å². The molecule has 2 nitrogen and oxygen atoms in total. The van der Waals surface area contributed by atoms with Gasteiger partial charge in [0.2, 0.25) is 0 Å². The first-order valence-corrected chi connectivity index (χ1v) is 6.05. The normalized spacial score (nSPS) is 10.6. The van der Waals surface area contributed by atoms with Gasteiger partial charge in [-0.2, -0.15) is 0 Å². The van der Waals surface area contributed by atoms with Gasteiger partial charge in [-0.15, -0.1) is 17.9 Å². The molecule has 0 aromatic carbocycles. The Bertz CT molecular complexity index is 542. The van der Waals surface area contributed by atoms with E-state index in [1.807, 2.05) is 24.4 Å². The van der Waals surface area contributed by atoms with Gasteiger partial charge in [0.1, 0.15) is 0 Å². The summed E-state index contributed by atoms with van der Waals surface area (Å²) >= 11 is 1.61. The first kappa shape index (κ1) is 11.0. The van der Waals surface area contributed by atoms with Crippen LogP contribution in [0, 0.1) is 0 Å². The molecule has 0 unspecified atom stereocenters. The monoisotopic (exact) mass is 231 g/mol. The Kier molecular flexibility index (Phi) is 3.15. The van der Waals surface area contributed by atoms with E-state index in [0.29, 0.717) is 12.0 Å². The summed E-state index contributed by atoms with van der Waals surface area (Å²) in [6.07, 6.45) is 2.94. The Morgan fingerprint density at radius 3 is 3.06 bits per heavy atom. The third-order valence-electron chi connectivity index (χ3n) is 2.40. The molecule has 2 heterocycles. The standard InChI is InChI=1S/C13H13NOS/c1-9(2)3-4-12(15)10-7-13-11(14-8-10)5-6-16-13/h5-8H,1,3-4H2,2H3. The van der Waals surface area contributed by atoms with Gasteiger partial charge in [-0.05, 0) is 30.9 Å². The van der Waals surface area contributed by atoms with Gasteiger partial charge in [-0.3, -0.25) is 9.78 Å². The average Bonchev–Trinajstić information content (AvgIpc) is 2.72. The maximum Gasteiger partial charge on any atom is 0.164 e. The highest BCUT2D eigenvalue weighted by Gasteiger charge is 2.07. The van der Waals surface area contributed by atoms with Gasteiger partial charge in [0, 0.05) is 18.2 Å². The lowest BCUT2D eigenvalue weighted by Gasteiger charge is -2.00. The Balaban J connectivity index is 2.19. The van der Waals surface area contributed by atoms with E-state index in [4.69, 9.17) is 0 Å². The second-order valence-corrected chi connectivity index (χ2v) is 4.86. The molecule has 16 heavy (non-hydrogen) atoms. The van der Waals surface area contributed by atoms with Crippen LogP contribution >= 0.6 is 11.3 Å². The molecule has 0 aliphatic carbocycles. The number of thiophene rings is 1. The second-order valence-electron chi connectivity index (χ2n) is 3.91. The van der Waals surface area contributed by atoms with Crippen LogP contribution in [-0.2, 0) is 0 Å². The van der Waals surface area contributed by atoms with Crippen molar-refractivity contribution < 1.29 is 4.79 Å². The molecule has 2 rings (SSSR count). The van der Waals surface area contributed by atoms with Crippen molar-refractivity contribution in [1.82, 2.24) is 4.98 Å². The van der Waals surface area contributed by atoms with Crippen LogP contribution in [-0.4, -0.2) is 10.8 Å². The zero-order valence-corrected chi connectivity index (χ0v) is 10.0. The highest BCUT2D eigenvalue weighted by atomic mass is 32.1. The fourth-order valence-corrected chi connectivity index (χ4v) is 2.25. The minimum Gasteiger partial charge on any atom is -0.294 e. The van der Waals surface area contributed by atoms with Crippen LogP contribution in [0.15, 0.2) is 35.9 Å². The minimum atomic E-state index is 0.144. The fourth-order valence-electron chi connectivity index (χ4n) is 1.47. The van der Waals surface area contributed by atoms with E-state index in [-0.39, 0.29) is 5.78 Å². The van der Waals surface area contributed by atoms with Crippen molar-refractivity contribution in [2.24, 2.45) is 0 Å². The highest BCUT2D eigenvalue weighted by Crippen LogP contribution is 2.20. The predicted molar refractivity (Wildman–Crippen MR) is 68.0 cm³/mol. The summed E-state index contributed by atoms with van der Waals surface area (Å²) in [6, 6.07) is 3.88. The average molecular weight is 231 g/mol. The van der Waals surface area contributed by atoms with Crippen molar-refractivity contribution >= 4 is 27.3 Å². The van der Waals surface area contributed by atoms with Crippen molar-refractivity contribution in [2.45, 2.75) is 19.8 Å². The number of Topliss-reactive ketones (excluding diaryl/α,β-unsaturated/α-hetero) is 1. The van der Waals surface area contributed by atoms with Gasteiger partial charge in [-0.25, -0.2) is 0 Å². The lowest BCUT2D eigenvalue weighted by atomic mass is 10.1. The molecule has 0 saturated heterocycles. The Morgan fingerprint density at radius 2 is 2.31 bits per heavy atom. The summed E-state index contributed by atoms with van der Waals surface area (Å²) in [6.45, 7) is 5.74. The Labute approximate surface area is 98.6 Å². The number of allylic oxidation sites excluding steroid dienone is 1. The zero-order valence-electron chi connectivity index (χ0n) is 9.19. The maximum absolute atomic E-state index is 11.8. The molecule has 0 spiro atoms. The van der Waals surface area contributed by atoms with Crippen LogP contribution in [0.1, 0.15) is 30.1 Å². The molecule has 0 atom stereocenters. The number of nitrogens with zero attached hydrogens (tertiary/aromatic N) is 1. The first-order valence-electron chi connectivity index (χ1n) is 5.17. The molecule has 2 aromatic rings. The number of ketones is 1. The van der Waals surface area contributed by atoms with Crippen molar-refractivity contribution in [3.63, 3.8) is 0 Å². The molecule has 2 aromatic heterocycles. The molecule has 0 fully saturated rings. The molecule has 0 radical (unpaired) electrons. The predicted octanol–water partition coefficient (Wildman–Crippen LogP) is 3.84. The van der Waals surface area contributed by atoms with Gasteiger partial charge >= 0.3 is 0 Å². The van der Waals surface area contributed by atoms with Crippen LogP contribution < -0.4 is 0 Å². The van der Waals surface area contributed by atoms with Gasteiger partial charge in [-0.1, -0.05) is 5.57 Å². The van der Waals surface area contributed by atoms with E-state index in [9.17, 15) is 4.79 Å². The largest absolute Gasteiger partial charge is 0.294 e. The minimum absolute atomic E-state index is 0.144. The van der Waals surface area contributed by atoms with Crippen LogP contribution in [0.4, 0.5) is 0 Å². The molecule has 0 aliphatic heterocycles. The van der Waals surface area contributed by atoms with Gasteiger partial charge in [0.05, 0.1) is 10.2 Å². The van der Waals surface area contributed by atoms with Crippen LogP contribution in [0.5, 0.6) is 0 Å². The third-order valence-corrected chi connectivity index (χ3v) is 3.26. The van der Waals surface area contributed by atoms with Crippen molar-refractivity contribution in [3.8, 4) is 0 Å². The molecule has 0 bridgehead atoms. The molecular formula is C13H13NOS. The zero-order chi connectivity index (χ0) is 11.5. The van der Waals surface area contributed by atoms with Gasteiger partial charge in [0.15, 0.2) is 5.78 Å². The Morgan fingerprint density at radius 1 is 1.50 bits per heavy atom. The molecular weight excluding hydrogens is 218 g/mol. The summed E-state index contributed by atoms with van der Waals surface area (Å²) in [7, 11) is 0. The number of carbonyl (C=O) groups excluding carboxylic acids is 1. The number of hydrogen-bond acceptors (Lipinski definition) is 3. The summed E-state index contributed by atoms with van der Waals surface area (Å²) < 4.78 is 1.07. The van der Waals surface area contributed by atoms with E-state index in [2.05, 4.69) is 11.6 Å². The van der Waals surface area contributed by atoms with Crippen LogP contribution in [0.25, 0.3) is 10.2 Å². The summed E-state index contributed by atoms with van der Waals surface area (Å²) in [5.74, 6) is 0.144. The molecule has 0 amide bonds. The maximum atomic E-state index is 11.8. The smallest absolute Gasteiger partial charge is 0.164 e. The fraction of sp³-hybridized carbons (Fsp3) is 0.231. The van der Waals surface area contributed by atoms with Crippen LogP contribution in [0.3, 0.4) is 0 Å². The number of pyridine rings is 1. The number of fused-ring (bicyclic) bond motifs is 1. The topological polar surface area (TPSA) is 30.0 Å². The Hall–Kier alpha value is -1.48. The highest BCUT2D eigenvalue weighted by molar-refractivity contribution is 7.17. The van der Waals surface area contributed by atoms with Crippen LogP contribution in [0.2, 0.25) is 0 Å². The number of aromatic nitrogens is 1. The third kappa shape index (κ3) is 2.36. The lowest BCUT2D eigenvalue weighted by molar-refractivity contribution is 0.0982. The molecule has 0 saturated carbocycles. The van der Waals surface area contributed by atoms with Crippen molar-refractivity contribution in [2.75, 3.05) is 0 Å². The molecule has 82 valence electrons. The summed E-state index contributed by atoms with van der Waals surface area (Å²) in [5.41, 5.74) is 2.70. The van der Waals surface area contributed by atoms with Gasteiger partial charge < -0.3 is 0 Å².